The maximum absolute atomic E-state index is 6.50. The summed E-state index contributed by atoms with van der Waals surface area (Å²) in [6.45, 7) is 2.06. The molecule has 0 amide bonds. The zero-order chi connectivity index (χ0) is 22.1. The van der Waals surface area contributed by atoms with Crippen LogP contribution in [0, 0.1) is 6.92 Å². The average Bonchev–Trinajstić information content (AvgIpc) is 3.30. The topological polar surface area (TPSA) is 38.9 Å². The van der Waals surface area contributed by atoms with Crippen LogP contribution in [0.5, 0.6) is 0 Å². The fourth-order valence-corrected chi connectivity index (χ4v) is 4.05. The van der Waals surface area contributed by atoms with Crippen LogP contribution in [0.15, 0.2) is 95.4 Å². The molecule has 0 aliphatic rings. The van der Waals surface area contributed by atoms with Crippen LogP contribution >= 0.6 is 23.2 Å². The monoisotopic (exact) mass is 456 g/mol. The summed E-state index contributed by atoms with van der Waals surface area (Å²) in [5.74, 6) is 1.46. The van der Waals surface area contributed by atoms with Crippen LogP contribution in [-0.2, 0) is 0 Å². The second kappa shape index (κ2) is 8.62. The number of rotatable bonds is 4. The van der Waals surface area contributed by atoms with Gasteiger partial charge < -0.3 is 4.42 Å². The molecule has 3 aromatic carbocycles. The maximum Gasteiger partial charge on any atom is 0.137 e. The minimum Gasteiger partial charge on any atom is -0.456 e. The molecule has 0 unspecified atom stereocenters. The number of halogens is 2. The van der Waals surface area contributed by atoms with Crippen molar-refractivity contribution in [3.63, 3.8) is 0 Å². The van der Waals surface area contributed by atoms with Crippen molar-refractivity contribution in [2.24, 2.45) is 0 Å². The van der Waals surface area contributed by atoms with E-state index in [9.17, 15) is 0 Å². The Balaban J connectivity index is 1.68. The van der Waals surface area contributed by atoms with E-state index in [4.69, 9.17) is 27.6 Å². The number of benzene rings is 3. The third kappa shape index (κ3) is 3.93. The van der Waals surface area contributed by atoms with Crippen molar-refractivity contribution in [1.82, 2.24) is 10.2 Å². The van der Waals surface area contributed by atoms with Crippen LogP contribution in [0.3, 0.4) is 0 Å². The summed E-state index contributed by atoms with van der Waals surface area (Å²) in [5.41, 5.74) is 5.90. The molecule has 5 aromatic rings. The summed E-state index contributed by atoms with van der Waals surface area (Å²) in [4.78, 5) is 0. The van der Waals surface area contributed by atoms with Crippen molar-refractivity contribution in [3.05, 3.63) is 107 Å². The molecular formula is C27H18Cl2N2O. The number of aryl methyl sites for hydroxylation is 1. The highest BCUT2D eigenvalue weighted by molar-refractivity contribution is 6.33. The van der Waals surface area contributed by atoms with E-state index in [1.165, 1.54) is 5.56 Å². The van der Waals surface area contributed by atoms with Gasteiger partial charge in [0.05, 0.1) is 15.7 Å². The molecule has 2 aromatic heterocycles. The molecular weight excluding hydrogens is 439 g/mol. The summed E-state index contributed by atoms with van der Waals surface area (Å²) in [6, 6.07) is 29.2. The van der Waals surface area contributed by atoms with E-state index in [0.29, 0.717) is 27.2 Å². The molecule has 0 atom stereocenters. The standard InChI is InChI=1S/C27H18Cl2N2O/c1-17-10-12-18(13-11-17)25-14-15-26(32-25)21-16-24(19-6-2-4-8-22(19)28)30-31-27(21)20-7-3-5-9-23(20)29/h2-16H,1H3. The Morgan fingerprint density at radius 3 is 1.94 bits per heavy atom. The van der Waals surface area contributed by atoms with Crippen LogP contribution in [0.2, 0.25) is 10.0 Å². The summed E-state index contributed by atoms with van der Waals surface area (Å²) < 4.78 is 6.27. The Kier molecular flexibility index (Phi) is 5.52. The first kappa shape index (κ1) is 20.5. The van der Waals surface area contributed by atoms with Gasteiger partial charge in [-0.05, 0) is 37.3 Å². The molecule has 5 rings (SSSR count). The Morgan fingerprint density at radius 2 is 1.25 bits per heavy atom. The number of aromatic nitrogens is 2. The molecule has 0 saturated heterocycles. The lowest BCUT2D eigenvalue weighted by atomic mass is 10.0. The lowest BCUT2D eigenvalue weighted by Gasteiger charge is -2.11. The number of furan rings is 1. The van der Waals surface area contributed by atoms with Gasteiger partial charge in [-0.1, -0.05) is 89.4 Å². The van der Waals surface area contributed by atoms with E-state index in [0.717, 1.165) is 28.0 Å². The highest BCUT2D eigenvalue weighted by Crippen LogP contribution is 2.38. The lowest BCUT2D eigenvalue weighted by molar-refractivity contribution is 0.597. The largest absolute Gasteiger partial charge is 0.456 e. The summed E-state index contributed by atoms with van der Waals surface area (Å²) in [5, 5.41) is 10.2. The van der Waals surface area contributed by atoms with Crippen LogP contribution < -0.4 is 0 Å². The highest BCUT2D eigenvalue weighted by Gasteiger charge is 2.18. The van der Waals surface area contributed by atoms with Gasteiger partial charge in [-0.15, -0.1) is 10.2 Å². The quantitative estimate of drug-likeness (QED) is 0.272. The molecule has 0 aliphatic carbocycles. The van der Waals surface area contributed by atoms with Crippen molar-refractivity contribution < 1.29 is 4.42 Å². The van der Waals surface area contributed by atoms with Crippen LogP contribution in [0.4, 0.5) is 0 Å². The molecule has 0 fully saturated rings. The predicted octanol–water partition coefficient (Wildman–Crippen LogP) is 8.35. The number of hydrogen-bond donors (Lipinski definition) is 0. The summed E-state index contributed by atoms with van der Waals surface area (Å²) in [7, 11) is 0. The number of nitrogens with zero attached hydrogens (tertiary/aromatic N) is 2. The van der Waals surface area contributed by atoms with Gasteiger partial charge in [-0.25, -0.2) is 0 Å². The lowest BCUT2D eigenvalue weighted by Crippen LogP contribution is -1.96. The van der Waals surface area contributed by atoms with Crippen LogP contribution in [-0.4, -0.2) is 10.2 Å². The summed E-state index contributed by atoms with van der Waals surface area (Å²) >= 11 is 12.9. The zero-order valence-corrected chi connectivity index (χ0v) is 18.7. The van der Waals surface area contributed by atoms with E-state index < -0.39 is 0 Å². The first-order valence-electron chi connectivity index (χ1n) is 10.1. The first-order chi connectivity index (χ1) is 15.6. The van der Waals surface area contributed by atoms with Gasteiger partial charge in [0, 0.05) is 22.3 Å². The van der Waals surface area contributed by atoms with E-state index in [1.54, 1.807) is 0 Å². The molecule has 0 saturated carbocycles. The van der Waals surface area contributed by atoms with Crippen molar-refractivity contribution in [1.29, 1.82) is 0 Å². The van der Waals surface area contributed by atoms with Gasteiger partial charge in [0.15, 0.2) is 0 Å². The van der Waals surface area contributed by atoms with Gasteiger partial charge in [0.2, 0.25) is 0 Å². The predicted molar refractivity (Wildman–Crippen MR) is 131 cm³/mol. The molecule has 32 heavy (non-hydrogen) atoms. The van der Waals surface area contributed by atoms with Gasteiger partial charge >= 0.3 is 0 Å². The fourth-order valence-electron chi connectivity index (χ4n) is 3.59. The van der Waals surface area contributed by atoms with Gasteiger partial charge in [0.25, 0.3) is 0 Å². The SMILES string of the molecule is Cc1ccc(-c2ccc(-c3cc(-c4ccccc4Cl)nnc3-c3ccccc3Cl)o2)cc1. The minimum atomic E-state index is 0.596. The van der Waals surface area contributed by atoms with E-state index in [1.807, 2.05) is 78.9 Å². The molecule has 0 bridgehead atoms. The molecule has 0 radical (unpaired) electrons. The smallest absolute Gasteiger partial charge is 0.137 e. The Hall–Kier alpha value is -3.40. The Labute approximate surface area is 196 Å². The average molecular weight is 457 g/mol. The maximum atomic E-state index is 6.50. The zero-order valence-electron chi connectivity index (χ0n) is 17.2. The first-order valence-corrected chi connectivity index (χ1v) is 10.9. The molecule has 0 aliphatic heterocycles. The van der Waals surface area contributed by atoms with Gasteiger partial charge in [0.1, 0.15) is 17.2 Å². The molecule has 0 spiro atoms. The number of hydrogen-bond acceptors (Lipinski definition) is 3. The Morgan fingerprint density at radius 1 is 0.625 bits per heavy atom. The third-order valence-electron chi connectivity index (χ3n) is 5.28. The molecule has 5 heteroatoms. The van der Waals surface area contributed by atoms with Crippen molar-refractivity contribution >= 4 is 23.2 Å². The third-order valence-corrected chi connectivity index (χ3v) is 5.94. The van der Waals surface area contributed by atoms with Crippen molar-refractivity contribution in [2.45, 2.75) is 6.92 Å². The van der Waals surface area contributed by atoms with E-state index in [-0.39, 0.29) is 0 Å². The van der Waals surface area contributed by atoms with Crippen molar-refractivity contribution in [3.8, 4) is 45.2 Å². The molecule has 156 valence electrons. The second-order valence-electron chi connectivity index (χ2n) is 7.48. The fraction of sp³-hybridized carbons (Fsp3) is 0.0370. The summed E-state index contributed by atoms with van der Waals surface area (Å²) in [6.07, 6.45) is 0. The van der Waals surface area contributed by atoms with Crippen LogP contribution in [0.25, 0.3) is 45.2 Å². The molecule has 3 nitrogen and oxygen atoms in total. The minimum absolute atomic E-state index is 0.596. The normalized spacial score (nSPS) is 11.0. The van der Waals surface area contributed by atoms with Crippen LogP contribution in [0.1, 0.15) is 5.56 Å². The highest BCUT2D eigenvalue weighted by atomic mass is 35.5. The molecule has 2 heterocycles. The van der Waals surface area contributed by atoms with E-state index in [2.05, 4.69) is 29.3 Å². The van der Waals surface area contributed by atoms with Crippen molar-refractivity contribution in [2.75, 3.05) is 0 Å². The van der Waals surface area contributed by atoms with E-state index >= 15 is 0 Å². The second-order valence-corrected chi connectivity index (χ2v) is 8.30. The molecule has 0 N–H and O–H groups in total. The van der Waals surface area contributed by atoms with Gasteiger partial charge in [-0.3, -0.25) is 0 Å². The van der Waals surface area contributed by atoms with Gasteiger partial charge in [-0.2, -0.15) is 0 Å². The Bertz CT molecular complexity index is 1410.